The van der Waals surface area contributed by atoms with Gasteiger partial charge in [-0.2, -0.15) is 0 Å². The molecule has 0 heterocycles. The van der Waals surface area contributed by atoms with Crippen molar-refractivity contribution in [2.45, 2.75) is 79.5 Å². The second kappa shape index (κ2) is 6.28. The quantitative estimate of drug-likeness (QED) is 0.867. The molecule has 0 saturated heterocycles. The number of aliphatic hydroxyl groups is 1. The molecule has 0 aliphatic carbocycles. The fourth-order valence-electron chi connectivity index (χ4n) is 2.85. The van der Waals surface area contributed by atoms with Crippen LogP contribution in [0.15, 0.2) is 6.07 Å². The van der Waals surface area contributed by atoms with Crippen LogP contribution in [-0.2, 0) is 0 Å². The standard InChI is InChI=1S/C18H31NO/c1-9-15(19-18(6,7)8)17(20)16-13(4)11(2)10-12(3)14(16)5/h10,15,17,19-20H,9H2,1-8H3. The lowest BCUT2D eigenvalue weighted by atomic mass is 9.87. The van der Waals surface area contributed by atoms with Gasteiger partial charge in [-0.3, -0.25) is 0 Å². The van der Waals surface area contributed by atoms with Gasteiger partial charge in [0.25, 0.3) is 0 Å². The van der Waals surface area contributed by atoms with Crippen LogP contribution in [0, 0.1) is 27.7 Å². The maximum atomic E-state index is 10.9. The van der Waals surface area contributed by atoms with Crippen molar-refractivity contribution in [3.8, 4) is 0 Å². The summed E-state index contributed by atoms with van der Waals surface area (Å²) in [4.78, 5) is 0. The van der Waals surface area contributed by atoms with Crippen molar-refractivity contribution in [3.63, 3.8) is 0 Å². The molecule has 0 saturated carbocycles. The first-order chi connectivity index (χ1) is 9.08. The van der Waals surface area contributed by atoms with Gasteiger partial charge in [0.15, 0.2) is 0 Å². The van der Waals surface area contributed by atoms with Crippen molar-refractivity contribution in [3.05, 3.63) is 33.9 Å². The summed E-state index contributed by atoms with van der Waals surface area (Å²) in [7, 11) is 0. The largest absolute Gasteiger partial charge is 0.387 e. The first-order valence-electron chi connectivity index (χ1n) is 7.61. The Kier molecular flexibility index (Phi) is 5.39. The molecule has 1 rings (SSSR count). The molecule has 0 spiro atoms. The van der Waals surface area contributed by atoms with Gasteiger partial charge in [-0.15, -0.1) is 0 Å². The van der Waals surface area contributed by atoms with E-state index in [9.17, 15) is 5.11 Å². The number of hydrogen-bond donors (Lipinski definition) is 2. The SMILES string of the molecule is CCC(NC(C)(C)C)C(O)c1c(C)c(C)cc(C)c1C. The Morgan fingerprint density at radius 2 is 1.50 bits per heavy atom. The zero-order valence-corrected chi connectivity index (χ0v) is 14.4. The Morgan fingerprint density at radius 3 is 1.85 bits per heavy atom. The normalized spacial score (nSPS) is 15.2. The second-order valence-corrected chi connectivity index (χ2v) is 7.03. The highest BCUT2D eigenvalue weighted by Gasteiger charge is 2.26. The molecule has 2 nitrogen and oxygen atoms in total. The lowest BCUT2D eigenvalue weighted by Gasteiger charge is -2.33. The van der Waals surface area contributed by atoms with Crippen LogP contribution in [-0.4, -0.2) is 16.7 Å². The number of rotatable bonds is 4. The average Bonchev–Trinajstić information content (AvgIpc) is 2.32. The molecule has 0 fully saturated rings. The first-order valence-corrected chi connectivity index (χ1v) is 7.61. The van der Waals surface area contributed by atoms with E-state index in [0.29, 0.717) is 0 Å². The van der Waals surface area contributed by atoms with Gasteiger partial charge in [0.05, 0.1) is 6.10 Å². The van der Waals surface area contributed by atoms with Gasteiger partial charge < -0.3 is 10.4 Å². The molecule has 114 valence electrons. The van der Waals surface area contributed by atoms with Gasteiger partial charge in [0.1, 0.15) is 0 Å². The van der Waals surface area contributed by atoms with E-state index in [4.69, 9.17) is 0 Å². The molecule has 0 aliphatic rings. The van der Waals surface area contributed by atoms with Crippen molar-refractivity contribution in [2.24, 2.45) is 0 Å². The molecule has 2 heteroatoms. The Hall–Kier alpha value is -0.860. The third-order valence-corrected chi connectivity index (χ3v) is 4.16. The minimum Gasteiger partial charge on any atom is -0.387 e. The van der Waals surface area contributed by atoms with Crippen molar-refractivity contribution >= 4 is 0 Å². The number of hydrogen-bond acceptors (Lipinski definition) is 2. The van der Waals surface area contributed by atoms with Crippen molar-refractivity contribution in [1.82, 2.24) is 5.32 Å². The van der Waals surface area contributed by atoms with E-state index in [2.05, 4.69) is 66.8 Å². The third-order valence-electron chi connectivity index (χ3n) is 4.16. The van der Waals surface area contributed by atoms with E-state index >= 15 is 0 Å². The molecule has 2 atom stereocenters. The monoisotopic (exact) mass is 277 g/mol. The summed E-state index contributed by atoms with van der Waals surface area (Å²) >= 11 is 0. The fraction of sp³-hybridized carbons (Fsp3) is 0.667. The summed E-state index contributed by atoms with van der Waals surface area (Å²) in [5.41, 5.74) is 6.05. The Morgan fingerprint density at radius 1 is 1.05 bits per heavy atom. The van der Waals surface area contributed by atoms with Gasteiger partial charge in [0, 0.05) is 11.6 Å². The molecule has 0 amide bonds. The highest BCUT2D eigenvalue weighted by atomic mass is 16.3. The summed E-state index contributed by atoms with van der Waals surface area (Å²) in [6, 6.07) is 2.28. The van der Waals surface area contributed by atoms with E-state index in [0.717, 1.165) is 12.0 Å². The van der Waals surface area contributed by atoms with Gasteiger partial charge in [0.2, 0.25) is 0 Å². The molecule has 0 radical (unpaired) electrons. The van der Waals surface area contributed by atoms with E-state index in [-0.39, 0.29) is 11.6 Å². The van der Waals surface area contributed by atoms with Gasteiger partial charge >= 0.3 is 0 Å². The minimum absolute atomic E-state index is 0.00232. The Balaban J connectivity index is 3.22. The lowest BCUT2D eigenvalue weighted by molar-refractivity contribution is 0.109. The summed E-state index contributed by atoms with van der Waals surface area (Å²) in [6.45, 7) is 17.0. The lowest BCUT2D eigenvalue weighted by Crippen LogP contribution is -2.46. The smallest absolute Gasteiger partial charge is 0.0948 e. The Labute approximate surface area is 124 Å². The number of aliphatic hydroxyl groups excluding tert-OH is 1. The molecular weight excluding hydrogens is 246 g/mol. The van der Waals surface area contributed by atoms with E-state index in [1.807, 2.05) is 0 Å². The van der Waals surface area contributed by atoms with Crippen molar-refractivity contribution in [1.29, 1.82) is 0 Å². The van der Waals surface area contributed by atoms with Crippen LogP contribution in [0.3, 0.4) is 0 Å². The van der Waals surface area contributed by atoms with Crippen LogP contribution in [0.4, 0.5) is 0 Å². The summed E-state index contributed by atoms with van der Waals surface area (Å²) in [5, 5.41) is 14.4. The summed E-state index contributed by atoms with van der Waals surface area (Å²) < 4.78 is 0. The predicted molar refractivity (Wildman–Crippen MR) is 87.3 cm³/mol. The van der Waals surface area contributed by atoms with Crippen LogP contribution >= 0.6 is 0 Å². The average molecular weight is 277 g/mol. The van der Waals surface area contributed by atoms with Crippen LogP contribution in [0.2, 0.25) is 0 Å². The second-order valence-electron chi connectivity index (χ2n) is 7.03. The molecule has 0 aromatic heterocycles. The van der Waals surface area contributed by atoms with Crippen molar-refractivity contribution in [2.75, 3.05) is 0 Å². The van der Waals surface area contributed by atoms with Crippen molar-refractivity contribution < 1.29 is 5.11 Å². The molecule has 1 aromatic carbocycles. The molecular formula is C18H31NO. The fourth-order valence-corrected chi connectivity index (χ4v) is 2.85. The van der Waals surface area contributed by atoms with Crippen LogP contribution in [0.5, 0.6) is 0 Å². The minimum atomic E-state index is -0.460. The van der Waals surface area contributed by atoms with Gasteiger partial charge in [-0.1, -0.05) is 13.0 Å². The highest BCUT2D eigenvalue weighted by Crippen LogP contribution is 2.30. The summed E-state index contributed by atoms with van der Waals surface area (Å²) in [5.74, 6) is 0. The number of benzene rings is 1. The van der Waals surface area contributed by atoms with Crippen LogP contribution in [0.1, 0.15) is 68.0 Å². The maximum absolute atomic E-state index is 10.9. The molecule has 2 unspecified atom stereocenters. The van der Waals surface area contributed by atoms with E-state index in [1.165, 1.54) is 22.3 Å². The molecule has 1 aromatic rings. The summed E-state index contributed by atoms with van der Waals surface area (Å²) in [6.07, 6.45) is 0.447. The molecule has 2 N–H and O–H groups in total. The maximum Gasteiger partial charge on any atom is 0.0948 e. The van der Waals surface area contributed by atoms with Gasteiger partial charge in [-0.05, 0) is 82.7 Å². The predicted octanol–water partition coefficient (Wildman–Crippen LogP) is 4.12. The van der Waals surface area contributed by atoms with E-state index in [1.54, 1.807) is 0 Å². The molecule has 0 aliphatic heterocycles. The third kappa shape index (κ3) is 3.83. The zero-order valence-electron chi connectivity index (χ0n) is 14.4. The van der Waals surface area contributed by atoms with Crippen LogP contribution < -0.4 is 5.32 Å². The Bertz CT molecular complexity index is 445. The van der Waals surface area contributed by atoms with Gasteiger partial charge in [-0.25, -0.2) is 0 Å². The highest BCUT2D eigenvalue weighted by molar-refractivity contribution is 5.45. The zero-order chi connectivity index (χ0) is 15.7. The van der Waals surface area contributed by atoms with E-state index < -0.39 is 6.10 Å². The topological polar surface area (TPSA) is 32.3 Å². The van der Waals surface area contributed by atoms with Crippen LogP contribution in [0.25, 0.3) is 0 Å². The number of aryl methyl sites for hydroxylation is 2. The molecule has 0 bridgehead atoms. The number of nitrogens with one attached hydrogen (secondary N) is 1. The molecule has 20 heavy (non-hydrogen) atoms. The first kappa shape index (κ1) is 17.2.